The molecule has 0 saturated heterocycles. The summed E-state index contributed by atoms with van der Waals surface area (Å²) in [5, 5.41) is 5.20. The average Bonchev–Trinajstić information content (AvgIpc) is 2.85. The summed E-state index contributed by atoms with van der Waals surface area (Å²) in [7, 11) is 0. The zero-order chi connectivity index (χ0) is 15.7. The highest BCUT2D eigenvalue weighted by Gasteiger charge is 2.15. The summed E-state index contributed by atoms with van der Waals surface area (Å²) in [5.41, 5.74) is 0.884. The molecule has 1 heterocycles. The molecule has 0 aliphatic heterocycles. The van der Waals surface area contributed by atoms with Gasteiger partial charge in [0.1, 0.15) is 0 Å². The van der Waals surface area contributed by atoms with Crippen molar-refractivity contribution < 1.29 is 9.59 Å². The lowest BCUT2D eigenvalue weighted by molar-refractivity contribution is -0.134. The molecule has 21 heavy (non-hydrogen) atoms. The predicted octanol–water partition coefficient (Wildman–Crippen LogP) is 3.21. The maximum absolute atomic E-state index is 12.1. The lowest BCUT2D eigenvalue weighted by Gasteiger charge is -2.20. The molecule has 0 aliphatic rings. The number of rotatable bonds is 9. The van der Waals surface area contributed by atoms with Gasteiger partial charge in [-0.15, -0.1) is 11.3 Å². The fourth-order valence-corrected chi connectivity index (χ4v) is 2.69. The van der Waals surface area contributed by atoms with Crippen molar-refractivity contribution in [2.45, 2.75) is 52.9 Å². The molecule has 1 aromatic heterocycles. The smallest absolute Gasteiger partial charge is 0.245 e. The first-order chi connectivity index (χ1) is 10.1. The molecule has 0 radical (unpaired) electrons. The van der Waals surface area contributed by atoms with E-state index in [0.717, 1.165) is 31.4 Å². The summed E-state index contributed by atoms with van der Waals surface area (Å²) in [6.07, 6.45) is 4.81. The van der Waals surface area contributed by atoms with Crippen LogP contribution in [0.25, 0.3) is 0 Å². The molecule has 0 aliphatic carbocycles. The van der Waals surface area contributed by atoms with E-state index in [1.165, 1.54) is 11.3 Å². The van der Waals surface area contributed by atoms with E-state index >= 15 is 0 Å². The molecule has 0 spiro atoms. The van der Waals surface area contributed by atoms with Crippen LogP contribution in [-0.4, -0.2) is 34.8 Å². The number of nitrogens with one attached hydrogen (secondary N) is 1. The van der Waals surface area contributed by atoms with Gasteiger partial charge in [-0.25, -0.2) is 4.98 Å². The minimum atomic E-state index is -0.187. The normalized spacial score (nSPS) is 10.4. The van der Waals surface area contributed by atoms with E-state index in [4.69, 9.17) is 0 Å². The van der Waals surface area contributed by atoms with E-state index in [1.54, 1.807) is 4.90 Å². The number of unbranched alkanes of at least 4 members (excludes halogenated alkanes) is 3. The molecule has 0 bridgehead atoms. The van der Waals surface area contributed by atoms with Gasteiger partial charge in [-0.3, -0.25) is 9.59 Å². The SMILES string of the molecule is CCCCCCC(=O)N(CC)CC(=O)Nc1nc(C)cs1. The fourth-order valence-electron chi connectivity index (χ4n) is 1.98. The molecule has 1 N–H and O–H groups in total. The number of anilines is 1. The van der Waals surface area contributed by atoms with Crippen LogP contribution in [0.4, 0.5) is 5.13 Å². The second-order valence-electron chi connectivity index (χ2n) is 5.06. The van der Waals surface area contributed by atoms with Crippen molar-refractivity contribution in [3.8, 4) is 0 Å². The van der Waals surface area contributed by atoms with Crippen molar-refractivity contribution in [3.05, 3.63) is 11.1 Å². The van der Waals surface area contributed by atoms with Crippen LogP contribution >= 0.6 is 11.3 Å². The maximum Gasteiger partial charge on any atom is 0.245 e. The molecule has 5 nitrogen and oxygen atoms in total. The van der Waals surface area contributed by atoms with E-state index < -0.39 is 0 Å². The highest BCUT2D eigenvalue weighted by atomic mass is 32.1. The van der Waals surface area contributed by atoms with Crippen LogP contribution < -0.4 is 5.32 Å². The van der Waals surface area contributed by atoms with Crippen LogP contribution in [0.1, 0.15) is 51.6 Å². The standard InChI is InChI=1S/C15H25N3O2S/c1-4-6-7-8-9-14(20)18(5-2)10-13(19)17-15-16-12(3)11-21-15/h11H,4-10H2,1-3H3,(H,16,17,19). The van der Waals surface area contributed by atoms with E-state index in [-0.39, 0.29) is 18.4 Å². The average molecular weight is 311 g/mol. The summed E-state index contributed by atoms with van der Waals surface area (Å²) in [6, 6.07) is 0. The topological polar surface area (TPSA) is 62.3 Å². The van der Waals surface area contributed by atoms with Gasteiger partial charge >= 0.3 is 0 Å². The third-order valence-corrected chi connectivity index (χ3v) is 4.05. The van der Waals surface area contributed by atoms with E-state index in [1.807, 2.05) is 19.2 Å². The summed E-state index contributed by atoms with van der Waals surface area (Å²) in [5.74, 6) is -0.132. The van der Waals surface area contributed by atoms with E-state index in [0.29, 0.717) is 18.1 Å². The third kappa shape index (κ3) is 6.71. The number of aromatic nitrogens is 1. The quantitative estimate of drug-likeness (QED) is 0.712. The van der Waals surface area contributed by atoms with Gasteiger partial charge < -0.3 is 10.2 Å². The number of carbonyl (C=O) groups excluding carboxylic acids is 2. The molecule has 0 atom stereocenters. The molecular formula is C15H25N3O2S. The maximum atomic E-state index is 12.1. The van der Waals surface area contributed by atoms with Crippen molar-refractivity contribution in [3.63, 3.8) is 0 Å². The van der Waals surface area contributed by atoms with Crippen LogP contribution in [0.15, 0.2) is 5.38 Å². The van der Waals surface area contributed by atoms with Gasteiger partial charge in [-0.05, 0) is 20.3 Å². The second kappa shape index (κ2) is 9.50. The predicted molar refractivity (Wildman–Crippen MR) is 86.5 cm³/mol. The van der Waals surface area contributed by atoms with Crippen molar-refractivity contribution in [1.82, 2.24) is 9.88 Å². The van der Waals surface area contributed by atoms with Gasteiger partial charge in [0.15, 0.2) is 5.13 Å². The van der Waals surface area contributed by atoms with Gasteiger partial charge in [0.25, 0.3) is 0 Å². The zero-order valence-electron chi connectivity index (χ0n) is 13.1. The van der Waals surface area contributed by atoms with Crippen LogP contribution in [0.5, 0.6) is 0 Å². The van der Waals surface area contributed by atoms with Crippen molar-refractivity contribution in [2.24, 2.45) is 0 Å². The molecule has 0 aromatic carbocycles. The van der Waals surface area contributed by atoms with Crippen LogP contribution in [0.2, 0.25) is 0 Å². The Morgan fingerprint density at radius 2 is 2.05 bits per heavy atom. The third-order valence-electron chi connectivity index (χ3n) is 3.18. The Balaban J connectivity index is 2.37. The monoisotopic (exact) mass is 311 g/mol. The number of likely N-dealkylation sites (N-methyl/N-ethyl adjacent to an activating group) is 1. The van der Waals surface area contributed by atoms with E-state index in [2.05, 4.69) is 17.2 Å². The van der Waals surface area contributed by atoms with Crippen molar-refractivity contribution in [2.75, 3.05) is 18.4 Å². The Hall–Kier alpha value is -1.43. The number of amides is 2. The first kappa shape index (κ1) is 17.6. The van der Waals surface area contributed by atoms with Crippen molar-refractivity contribution in [1.29, 1.82) is 0 Å². The fraction of sp³-hybridized carbons (Fsp3) is 0.667. The molecule has 1 rings (SSSR count). The molecule has 0 fully saturated rings. The number of hydrogen-bond donors (Lipinski definition) is 1. The molecule has 1 aromatic rings. The minimum absolute atomic E-state index is 0.0547. The minimum Gasteiger partial charge on any atom is -0.334 e. The summed E-state index contributed by atoms with van der Waals surface area (Å²) in [4.78, 5) is 29.8. The van der Waals surface area contributed by atoms with Crippen molar-refractivity contribution >= 4 is 28.3 Å². The van der Waals surface area contributed by atoms with Crippen LogP contribution in [-0.2, 0) is 9.59 Å². The first-order valence-corrected chi connectivity index (χ1v) is 8.44. The Labute approximate surface area is 130 Å². The van der Waals surface area contributed by atoms with Gasteiger partial charge in [-0.1, -0.05) is 26.2 Å². The Morgan fingerprint density at radius 3 is 2.62 bits per heavy atom. The lowest BCUT2D eigenvalue weighted by atomic mass is 10.1. The number of nitrogens with zero attached hydrogens (tertiary/aromatic N) is 2. The second-order valence-corrected chi connectivity index (χ2v) is 5.92. The summed E-state index contributed by atoms with van der Waals surface area (Å²) >= 11 is 1.39. The van der Waals surface area contributed by atoms with Crippen LogP contribution in [0, 0.1) is 6.92 Å². The highest BCUT2D eigenvalue weighted by Crippen LogP contribution is 2.14. The molecule has 118 valence electrons. The molecular weight excluding hydrogens is 286 g/mol. The van der Waals surface area contributed by atoms with Gasteiger partial charge in [-0.2, -0.15) is 0 Å². The number of aryl methyl sites for hydroxylation is 1. The number of hydrogen-bond acceptors (Lipinski definition) is 4. The number of carbonyl (C=O) groups is 2. The highest BCUT2D eigenvalue weighted by molar-refractivity contribution is 7.13. The zero-order valence-corrected chi connectivity index (χ0v) is 14.0. The molecule has 0 saturated carbocycles. The molecule has 6 heteroatoms. The number of thiazole rings is 1. The first-order valence-electron chi connectivity index (χ1n) is 7.56. The Bertz CT molecular complexity index is 460. The van der Waals surface area contributed by atoms with Gasteiger partial charge in [0.2, 0.25) is 11.8 Å². The Morgan fingerprint density at radius 1 is 1.29 bits per heavy atom. The lowest BCUT2D eigenvalue weighted by Crippen LogP contribution is -2.37. The van der Waals surface area contributed by atoms with Gasteiger partial charge in [0.05, 0.1) is 12.2 Å². The van der Waals surface area contributed by atoms with E-state index in [9.17, 15) is 9.59 Å². The Kier molecular flexibility index (Phi) is 7.97. The summed E-state index contributed by atoms with van der Waals surface area (Å²) < 4.78 is 0. The van der Waals surface area contributed by atoms with Gasteiger partial charge in [0, 0.05) is 18.3 Å². The largest absolute Gasteiger partial charge is 0.334 e. The molecule has 0 unspecified atom stereocenters. The van der Waals surface area contributed by atoms with Crippen LogP contribution in [0.3, 0.4) is 0 Å². The summed E-state index contributed by atoms with van der Waals surface area (Å²) in [6.45, 7) is 6.57. The molecule has 2 amide bonds.